The molecule has 1 heterocycles. The van der Waals surface area contributed by atoms with Gasteiger partial charge in [-0.3, -0.25) is 9.59 Å². The first-order valence-corrected chi connectivity index (χ1v) is 4.78. The van der Waals surface area contributed by atoms with Crippen molar-refractivity contribution in [3.05, 3.63) is 0 Å². The Bertz CT molecular complexity index is 239. The second-order valence-corrected chi connectivity index (χ2v) is 4.44. The quantitative estimate of drug-likeness (QED) is 0.633. The molecule has 1 aliphatic heterocycles. The fourth-order valence-electron chi connectivity index (χ4n) is 1.30. The zero-order chi connectivity index (χ0) is 10.8. The number of rotatable bonds is 2. The van der Waals surface area contributed by atoms with E-state index in [0.717, 1.165) is 0 Å². The average Bonchev–Trinajstić information content (AvgIpc) is 2.30. The van der Waals surface area contributed by atoms with Gasteiger partial charge in [-0.15, -0.1) is 0 Å². The zero-order valence-electron chi connectivity index (χ0n) is 8.83. The van der Waals surface area contributed by atoms with Crippen molar-refractivity contribution in [3.63, 3.8) is 0 Å². The van der Waals surface area contributed by atoms with E-state index in [1.165, 1.54) is 0 Å². The predicted molar refractivity (Wildman–Crippen MR) is 49.6 cm³/mol. The van der Waals surface area contributed by atoms with E-state index < -0.39 is 5.60 Å². The molecule has 0 unspecified atom stereocenters. The van der Waals surface area contributed by atoms with Gasteiger partial charge in [-0.2, -0.15) is 0 Å². The summed E-state index contributed by atoms with van der Waals surface area (Å²) in [4.78, 5) is 22.1. The second kappa shape index (κ2) is 3.98. The van der Waals surface area contributed by atoms with Crippen LogP contribution in [0.15, 0.2) is 0 Å². The van der Waals surface area contributed by atoms with Crippen LogP contribution in [0.2, 0.25) is 0 Å². The molecule has 0 radical (unpaired) electrons. The lowest BCUT2D eigenvalue weighted by Crippen LogP contribution is -2.26. The molecule has 0 aromatic rings. The Hall–Kier alpha value is -1.06. The molecular weight excluding hydrogens is 184 g/mol. The Kier molecular flexibility index (Phi) is 3.13. The minimum absolute atomic E-state index is 0.170. The van der Waals surface area contributed by atoms with Crippen molar-refractivity contribution in [2.75, 3.05) is 0 Å². The lowest BCUT2D eigenvalue weighted by Gasteiger charge is -2.20. The van der Waals surface area contributed by atoms with Crippen molar-refractivity contribution < 1.29 is 19.1 Å². The van der Waals surface area contributed by atoms with Crippen LogP contribution in [0.25, 0.3) is 0 Å². The molecule has 0 saturated carbocycles. The standard InChI is InChI=1S/C10H16O4/c1-10(2,3)14-9(12)6-7-4-5-8(11)13-7/h7H,4-6H2,1-3H3/t7-/m1/s1. The van der Waals surface area contributed by atoms with Crippen LogP contribution in [-0.2, 0) is 19.1 Å². The van der Waals surface area contributed by atoms with E-state index in [4.69, 9.17) is 9.47 Å². The molecule has 1 fully saturated rings. The Morgan fingerprint density at radius 2 is 2.21 bits per heavy atom. The Morgan fingerprint density at radius 1 is 1.57 bits per heavy atom. The molecule has 4 nitrogen and oxygen atoms in total. The monoisotopic (exact) mass is 200 g/mol. The lowest BCUT2D eigenvalue weighted by molar-refractivity contribution is -0.158. The number of hydrogen-bond donors (Lipinski definition) is 0. The molecule has 0 amide bonds. The summed E-state index contributed by atoms with van der Waals surface area (Å²) in [7, 11) is 0. The predicted octanol–water partition coefficient (Wildman–Crippen LogP) is 1.42. The molecule has 80 valence electrons. The summed E-state index contributed by atoms with van der Waals surface area (Å²) in [6.07, 6.45) is 0.923. The van der Waals surface area contributed by atoms with E-state index >= 15 is 0 Å². The molecule has 0 aliphatic carbocycles. The Balaban J connectivity index is 2.31. The van der Waals surface area contributed by atoms with Crippen molar-refractivity contribution in [1.82, 2.24) is 0 Å². The minimum Gasteiger partial charge on any atom is -0.462 e. The van der Waals surface area contributed by atoms with E-state index in [9.17, 15) is 9.59 Å². The van der Waals surface area contributed by atoms with Gasteiger partial charge < -0.3 is 9.47 Å². The third-order valence-corrected chi connectivity index (χ3v) is 1.78. The summed E-state index contributed by atoms with van der Waals surface area (Å²) in [5, 5.41) is 0. The van der Waals surface area contributed by atoms with Gasteiger partial charge in [0.2, 0.25) is 0 Å². The molecular formula is C10H16O4. The van der Waals surface area contributed by atoms with Crippen LogP contribution in [0.3, 0.4) is 0 Å². The first kappa shape index (κ1) is 11.0. The summed E-state index contributed by atoms with van der Waals surface area (Å²) in [6, 6.07) is 0. The van der Waals surface area contributed by atoms with E-state index in [-0.39, 0.29) is 24.5 Å². The van der Waals surface area contributed by atoms with E-state index in [1.54, 1.807) is 0 Å². The van der Waals surface area contributed by atoms with Gasteiger partial charge in [0.1, 0.15) is 11.7 Å². The number of carbonyl (C=O) groups is 2. The third kappa shape index (κ3) is 3.77. The molecule has 1 rings (SSSR count). The highest BCUT2D eigenvalue weighted by molar-refractivity contribution is 5.74. The first-order chi connectivity index (χ1) is 6.37. The average molecular weight is 200 g/mol. The van der Waals surface area contributed by atoms with Gasteiger partial charge in [0.15, 0.2) is 0 Å². The van der Waals surface area contributed by atoms with Gasteiger partial charge in [0, 0.05) is 6.42 Å². The van der Waals surface area contributed by atoms with Gasteiger partial charge in [0.05, 0.1) is 6.42 Å². The highest BCUT2D eigenvalue weighted by Gasteiger charge is 2.27. The molecule has 0 N–H and O–H groups in total. The van der Waals surface area contributed by atoms with Gasteiger partial charge in [0.25, 0.3) is 0 Å². The maximum atomic E-state index is 11.3. The van der Waals surface area contributed by atoms with Crippen molar-refractivity contribution >= 4 is 11.9 Å². The molecule has 0 bridgehead atoms. The van der Waals surface area contributed by atoms with Crippen LogP contribution in [0.4, 0.5) is 0 Å². The molecule has 1 atom stereocenters. The van der Waals surface area contributed by atoms with Crippen molar-refractivity contribution in [2.24, 2.45) is 0 Å². The molecule has 0 spiro atoms. The van der Waals surface area contributed by atoms with E-state index in [2.05, 4.69) is 0 Å². The topological polar surface area (TPSA) is 52.6 Å². The molecule has 1 aliphatic rings. The summed E-state index contributed by atoms with van der Waals surface area (Å²) in [5.74, 6) is -0.532. The van der Waals surface area contributed by atoms with E-state index in [0.29, 0.717) is 12.8 Å². The summed E-state index contributed by atoms with van der Waals surface area (Å²) in [6.45, 7) is 5.43. The summed E-state index contributed by atoms with van der Waals surface area (Å²) >= 11 is 0. The normalized spacial score (nSPS) is 21.9. The zero-order valence-corrected chi connectivity index (χ0v) is 8.83. The van der Waals surface area contributed by atoms with Gasteiger partial charge in [-0.1, -0.05) is 0 Å². The SMILES string of the molecule is CC(C)(C)OC(=O)C[C@H]1CCC(=O)O1. The van der Waals surface area contributed by atoms with Crippen molar-refractivity contribution in [1.29, 1.82) is 0 Å². The Labute approximate surface area is 83.6 Å². The van der Waals surface area contributed by atoms with Gasteiger partial charge in [-0.05, 0) is 27.2 Å². The summed E-state index contributed by atoms with van der Waals surface area (Å²) < 4.78 is 10.0. The van der Waals surface area contributed by atoms with Crippen LogP contribution in [-0.4, -0.2) is 23.6 Å². The number of carbonyl (C=O) groups excluding carboxylic acids is 2. The number of hydrogen-bond acceptors (Lipinski definition) is 4. The highest BCUT2D eigenvalue weighted by Crippen LogP contribution is 2.18. The highest BCUT2D eigenvalue weighted by atomic mass is 16.6. The van der Waals surface area contributed by atoms with Crippen LogP contribution >= 0.6 is 0 Å². The van der Waals surface area contributed by atoms with Gasteiger partial charge in [-0.25, -0.2) is 0 Å². The van der Waals surface area contributed by atoms with Crippen LogP contribution in [0.5, 0.6) is 0 Å². The fraction of sp³-hybridized carbons (Fsp3) is 0.800. The molecule has 0 aromatic carbocycles. The Morgan fingerprint density at radius 3 is 2.64 bits per heavy atom. The van der Waals surface area contributed by atoms with Crippen molar-refractivity contribution in [3.8, 4) is 0 Å². The van der Waals surface area contributed by atoms with Gasteiger partial charge >= 0.3 is 11.9 Å². The minimum atomic E-state index is -0.473. The maximum absolute atomic E-state index is 11.3. The van der Waals surface area contributed by atoms with Crippen LogP contribution < -0.4 is 0 Å². The molecule has 14 heavy (non-hydrogen) atoms. The molecule has 4 heteroatoms. The largest absolute Gasteiger partial charge is 0.462 e. The maximum Gasteiger partial charge on any atom is 0.310 e. The smallest absolute Gasteiger partial charge is 0.310 e. The number of esters is 2. The number of ether oxygens (including phenoxy) is 2. The van der Waals surface area contributed by atoms with Crippen LogP contribution in [0.1, 0.15) is 40.0 Å². The molecule has 0 aromatic heterocycles. The second-order valence-electron chi connectivity index (χ2n) is 4.44. The summed E-state index contributed by atoms with van der Waals surface area (Å²) in [5.41, 5.74) is -0.473. The van der Waals surface area contributed by atoms with E-state index in [1.807, 2.05) is 20.8 Å². The third-order valence-electron chi connectivity index (χ3n) is 1.78. The lowest BCUT2D eigenvalue weighted by atomic mass is 10.1. The van der Waals surface area contributed by atoms with Crippen LogP contribution in [0, 0.1) is 0 Å². The first-order valence-electron chi connectivity index (χ1n) is 4.78. The fourth-order valence-corrected chi connectivity index (χ4v) is 1.30. The molecule has 1 saturated heterocycles. The number of cyclic esters (lactones) is 1. The van der Waals surface area contributed by atoms with Crippen molar-refractivity contribution in [2.45, 2.75) is 51.7 Å².